The van der Waals surface area contributed by atoms with Gasteiger partial charge in [-0.25, -0.2) is 4.98 Å². The molecule has 0 aromatic carbocycles. The van der Waals surface area contributed by atoms with Crippen LogP contribution in [-0.4, -0.2) is 28.5 Å². The van der Waals surface area contributed by atoms with E-state index in [0.29, 0.717) is 22.8 Å². The normalized spacial score (nSPS) is 11.4. The van der Waals surface area contributed by atoms with Crippen molar-refractivity contribution < 1.29 is 22.8 Å². The van der Waals surface area contributed by atoms with Crippen LogP contribution in [0.15, 0.2) is 18.3 Å². The summed E-state index contributed by atoms with van der Waals surface area (Å²) in [6, 6.07) is 2.60. The molecule has 0 aliphatic heterocycles. The maximum absolute atomic E-state index is 12.6. The van der Waals surface area contributed by atoms with E-state index in [-0.39, 0.29) is 23.9 Å². The number of pyridine rings is 1. The van der Waals surface area contributed by atoms with E-state index in [2.05, 4.69) is 9.97 Å². The summed E-state index contributed by atoms with van der Waals surface area (Å²) in [7, 11) is 1.37. The molecule has 0 amide bonds. The molecule has 0 fully saturated rings. The molecule has 0 N–H and O–H groups in total. The molecule has 0 unspecified atom stereocenters. The summed E-state index contributed by atoms with van der Waals surface area (Å²) in [6.07, 6.45) is -3.40. The van der Waals surface area contributed by atoms with Gasteiger partial charge in [0.05, 0.1) is 18.6 Å². The van der Waals surface area contributed by atoms with Crippen molar-refractivity contribution in [2.24, 2.45) is 0 Å². The highest BCUT2D eigenvalue weighted by Crippen LogP contribution is 2.34. The summed E-state index contributed by atoms with van der Waals surface area (Å²) < 4.78 is 42.8. The van der Waals surface area contributed by atoms with Crippen molar-refractivity contribution in [3.05, 3.63) is 38.3 Å². The highest BCUT2D eigenvalue weighted by molar-refractivity contribution is 7.11. The minimum atomic E-state index is -4.51. The van der Waals surface area contributed by atoms with E-state index in [9.17, 15) is 23.3 Å². The Balaban J connectivity index is 2.34. The second-order valence-electron chi connectivity index (χ2n) is 4.60. The molecule has 0 aliphatic carbocycles. The number of alkyl halides is 3. The molecule has 24 heavy (non-hydrogen) atoms. The van der Waals surface area contributed by atoms with Crippen LogP contribution in [0.3, 0.4) is 0 Å². The second-order valence-corrected chi connectivity index (χ2v) is 5.71. The molecule has 0 saturated carbocycles. The number of anilines is 1. The third-order valence-electron chi connectivity index (χ3n) is 3.06. The zero-order valence-electron chi connectivity index (χ0n) is 12.7. The number of hydrogen-bond donors (Lipinski definition) is 0. The standard InChI is InChI=1S/C13H13F3N4O3S/c1-3-19(7-8-6-17-12(24-8)13(14,15)16)11-9(20(21)22)4-5-10(18-11)23-2/h4-6H,3,7H2,1-2H3. The van der Waals surface area contributed by atoms with Crippen molar-refractivity contribution in [3.63, 3.8) is 0 Å². The average molecular weight is 362 g/mol. The van der Waals surface area contributed by atoms with Gasteiger partial charge in [0, 0.05) is 29.8 Å². The van der Waals surface area contributed by atoms with Crippen LogP contribution in [-0.2, 0) is 12.7 Å². The Morgan fingerprint density at radius 2 is 2.12 bits per heavy atom. The average Bonchev–Trinajstić information content (AvgIpc) is 3.00. The number of hydrogen-bond acceptors (Lipinski definition) is 7. The molecule has 0 aliphatic rings. The fraction of sp³-hybridized carbons (Fsp3) is 0.385. The van der Waals surface area contributed by atoms with E-state index in [0.717, 1.165) is 6.20 Å². The Hall–Kier alpha value is -2.43. The van der Waals surface area contributed by atoms with Gasteiger partial charge in [-0.15, -0.1) is 11.3 Å². The highest BCUT2D eigenvalue weighted by Gasteiger charge is 2.34. The van der Waals surface area contributed by atoms with Gasteiger partial charge in [0.25, 0.3) is 0 Å². The number of ether oxygens (including phenoxy) is 1. The predicted octanol–water partition coefficient (Wildman–Crippen LogP) is 3.50. The molecule has 0 bridgehead atoms. The van der Waals surface area contributed by atoms with E-state index in [1.165, 1.54) is 24.1 Å². The zero-order valence-corrected chi connectivity index (χ0v) is 13.5. The molecular formula is C13H13F3N4O3S. The van der Waals surface area contributed by atoms with E-state index in [4.69, 9.17) is 4.74 Å². The lowest BCUT2D eigenvalue weighted by molar-refractivity contribution is -0.384. The third kappa shape index (κ3) is 3.91. The first-order valence-corrected chi connectivity index (χ1v) is 7.54. The van der Waals surface area contributed by atoms with Crippen LogP contribution in [0.25, 0.3) is 0 Å². The quantitative estimate of drug-likeness (QED) is 0.578. The number of nitro groups is 1. The third-order valence-corrected chi connectivity index (χ3v) is 4.09. The van der Waals surface area contributed by atoms with E-state index in [1.807, 2.05) is 0 Å². The fourth-order valence-corrected chi connectivity index (χ4v) is 2.74. The summed E-state index contributed by atoms with van der Waals surface area (Å²) in [5.41, 5.74) is -0.252. The van der Waals surface area contributed by atoms with Crippen LogP contribution in [0.4, 0.5) is 24.7 Å². The van der Waals surface area contributed by atoms with Crippen molar-refractivity contribution in [2.75, 3.05) is 18.6 Å². The van der Waals surface area contributed by atoms with Gasteiger partial charge < -0.3 is 9.64 Å². The molecule has 0 atom stereocenters. The van der Waals surface area contributed by atoms with Gasteiger partial charge in [0.15, 0.2) is 5.01 Å². The molecule has 0 spiro atoms. The summed E-state index contributed by atoms with van der Waals surface area (Å²) in [5, 5.41) is 10.2. The van der Waals surface area contributed by atoms with Crippen molar-refractivity contribution in [1.29, 1.82) is 0 Å². The lowest BCUT2D eigenvalue weighted by atomic mass is 10.3. The lowest BCUT2D eigenvalue weighted by Gasteiger charge is -2.21. The molecule has 130 valence electrons. The minimum absolute atomic E-state index is 0.0191. The lowest BCUT2D eigenvalue weighted by Crippen LogP contribution is -2.23. The summed E-state index contributed by atoms with van der Waals surface area (Å²) >= 11 is 0.496. The number of rotatable bonds is 6. The topological polar surface area (TPSA) is 81.4 Å². The maximum Gasteiger partial charge on any atom is 0.443 e. The van der Waals surface area contributed by atoms with Crippen LogP contribution >= 0.6 is 11.3 Å². The van der Waals surface area contributed by atoms with Crippen LogP contribution < -0.4 is 9.64 Å². The first-order valence-electron chi connectivity index (χ1n) is 6.72. The second kappa shape index (κ2) is 6.99. The SMILES string of the molecule is CCN(Cc1cnc(C(F)(F)F)s1)c1nc(OC)ccc1[N+](=O)[O-]. The number of thiazole rings is 1. The highest BCUT2D eigenvalue weighted by atomic mass is 32.1. The van der Waals surface area contributed by atoms with Gasteiger partial charge in [0.1, 0.15) is 0 Å². The molecule has 0 radical (unpaired) electrons. The fourth-order valence-electron chi connectivity index (χ4n) is 1.95. The molecule has 2 rings (SSSR count). The predicted molar refractivity (Wildman–Crippen MR) is 81.3 cm³/mol. The monoisotopic (exact) mass is 362 g/mol. The molecular weight excluding hydrogens is 349 g/mol. The van der Waals surface area contributed by atoms with E-state index >= 15 is 0 Å². The van der Waals surface area contributed by atoms with Crippen molar-refractivity contribution in [1.82, 2.24) is 9.97 Å². The Morgan fingerprint density at radius 3 is 2.62 bits per heavy atom. The van der Waals surface area contributed by atoms with Gasteiger partial charge in [-0.2, -0.15) is 18.2 Å². The van der Waals surface area contributed by atoms with Crippen molar-refractivity contribution in [3.8, 4) is 5.88 Å². The summed E-state index contributed by atoms with van der Waals surface area (Å²) in [5.74, 6) is 0.207. The van der Waals surface area contributed by atoms with Crippen LogP contribution in [0.2, 0.25) is 0 Å². The molecule has 2 heterocycles. The van der Waals surface area contributed by atoms with E-state index in [1.54, 1.807) is 6.92 Å². The molecule has 11 heteroatoms. The van der Waals surface area contributed by atoms with Crippen LogP contribution in [0.1, 0.15) is 16.8 Å². The van der Waals surface area contributed by atoms with Crippen LogP contribution in [0.5, 0.6) is 5.88 Å². The number of halogens is 3. The molecule has 2 aromatic heterocycles. The Labute approximate surface area is 138 Å². The van der Waals surface area contributed by atoms with Gasteiger partial charge in [-0.05, 0) is 6.92 Å². The smallest absolute Gasteiger partial charge is 0.443 e. The first-order chi connectivity index (χ1) is 11.3. The molecule has 2 aromatic rings. The summed E-state index contributed by atoms with van der Waals surface area (Å²) in [4.78, 5) is 19.8. The Bertz CT molecular complexity index is 735. The van der Waals surface area contributed by atoms with Crippen LogP contribution in [0, 0.1) is 10.1 Å². The maximum atomic E-state index is 12.6. The minimum Gasteiger partial charge on any atom is -0.481 e. The number of nitrogens with zero attached hydrogens (tertiary/aromatic N) is 4. The van der Waals surface area contributed by atoms with Gasteiger partial charge in [-0.3, -0.25) is 10.1 Å². The van der Waals surface area contributed by atoms with E-state index < -0.39 is 16.1 Å². The number of methoxy groups -OCH3 is 1. The zero-order chi connectivity index (χ0) is 17.9. The Kier molecular flexibility index (Phi) is 5.22. The number of aromatic nitrogens is 2. The first kappa shape index (κ1) is 17.9. The summed E-state index contributed by atoms with van der Waals surface area (Å²) in [6.45, 7) is 2.04. The van der Waals surface area contributed by atoms with Crippen molar-refractivity contribution in [2.45, 2.75) is 19.6 Å². The Morgan fingerprint density at radius 1 is 1.42 bits per heavy atom. The van der Waals surface area contributed by atoms with Gasteiger partial charge in [0.2, 0.25) is 11.7 Å². The van der Waals surface area contributed by atoms with Crippen molar-refractivity contribution >= 4 is 22.8 Å². The van der Waals surface area contributed by atoms with Gasteiger partial charge >= 0.3 is 11.9 Å². The molecule has 0 saturated heterocycles. The molecule has 7 nitrogen and oxygen atoms in total. The largest absolute Gasteiger partial charge is 0.481 e. The van der Waals surface area contributed by atoms with Gasteiger partial charge in [-0.1, -0.05) is 0 Å².